The molecule has 0 aliphatic carbocycles. The SMILES string of the molecule is COC(=O)C1Cc2nc[nH]c2CN1C(=O)CCCN1C(=O)c2ccccc2C1=O. The highest BCUT2D eigenvalue weighted by Crippen LogP contribution is 2.24. The number of benzene rings is 1. The van der Waals surface area contributed by atoms with Crippen LogP contribution < -0.4 is 0 Å². The minimum absolute atomic E-state index is 0.102. The van der Waals surface area contributed by atoms with E-state index in [0.717, 1.165) is 11.4 Å². The summed E-state index contributed by atoms with van der Waals surface area (Å²) >= 11 is 0. The molecule has 1 aromatic carbocycles. The first-order valence-corrected chi connectivity index (χ1v) is 9.35. The highest BCUT2D eigenvalue weighted by Gasteiger charge is 2.37. The van der Waals surface area contributed by atoms with Crippen LogP contribution in [0.5, 0.6) is 0 Å². The Balaban J connectivity index is 1.40. The molecule has 3 heterocycles. The molecule has 0 saturated carbocycles. The molecular weight excluding hydrogens is 376 g/mol. The highest BCUT2D eigenvalue weighted by molar-refractivity contribution is 6.21. The third kappa shape index (κ3) is 3.28. The molecule has 2 aromatic rings. The lowest BCUT2D eigenvalue weighted by Gasteiger charge is -2.33. The predicted molar refractivity (Wildman–Crippen MR) is 99.7 cm³/mol. The lowest BCUT2D eigenvalue weighted by molar-refractivity contribution is -0.154. The topological polar surface area (TPSA) is 113 Å². The average Bonchev–Trinajstić information content (AvgIpc) is 3.30. The van der Waals surface area contributed by atoms with Gasteiger partial charge in [0, 0.05) is 19.4 Å². The molecule has 2 aliphatic rings. The van der Waals surface area contributed by atoms with E-state index in [1.54, 1.807) is 24.3 Å². The maximum atomic E-state index is 12.8. The molecule has 1 N–H and O–H groups in total. The summed E-state index contributed by atoms with van der Waals surface area (Å²) in [6, 6.07) is 5.94. The zero-order valence-corrected chi connectivity index (χ0v) is 15.9. The molecule has 1 unspecified atom stereocenters. The number of carbonyl (C=O) groups excluding carboxylic acids is 4. The van der Waals surface area contributed by atoms with Crippen LogP contribution in [0.1, 0.15) is 44.9 Å². The Morgan fingerprint density at radius 3 is 2.55 bits per heavy atom. The predicted octanol–water partition coefficient (Wildman–Crippen LogP) is 0.912. The molecule has 9 nitrogen and oxygen atoms in total. The molecule has 0 spiro atoms. The highest BCUT2D eigenvalue weighted by atomic mass is 16.5. The number of H-pyrrole nitrogens is 1. The van der Waals surface area contributed by atoms with Crippen LogP contribution in [-0.2, 0) is 27.3 Å². The summed E-state index contributed by atoms with van der Waals surface area (Å²) in [6.07, 6.45) is 2.24. The number of carbonyl (C=O) groups is 4. The van der Waals surface area contributed by atoms with Crippen molar-refractivity contribution >= 4 is 23.7 Å². The molecule has 4 rings (SSSR count). The summed E-state index contributed by atoms with van der Waals surface area (Å²) in [7, 11) is 1.29. The van der Waals surface area contributed by atoms with Crippen molar-refractivity contribution in [1.82, 2.24) is 19.8 Å². The van der Waals surface area contributed by atoms with E-state index in [-0.39, 0.29) is 43.7 Å². The third-order valence-corrected chi connectivity index (χ3v) is 5.34. The fourth-order valence-corrected chi connectivity index (χ4v) is 3.82. The van der Waals surface area contributed by atoms with Crippen molar-refractivity contribution in [2.75, 3.05) is 13.7 Å². The fraction of sp³-hybridized carbons (Fsp3) is 0.350. The van der Waals surface area contributed by atoms with Gasteiger partial charge in [-0.3, -0.25) is 19.3 Å². The normalized spacial score (nSPS) is 17.9. The van der Waals surface area contributed by atoms with Gasteiger partial charge in [-0.05, 0) is 18.6 Å². The van der Waals surface area contributed by atoms with Gasteiger partial charge in [0.15, 0.2) is 0 Å². The summed E-state index contributed by atoms with van der Waals surface area (Å²) in [5.41, 5.74) is 2.31. The van der Waals surface area contributed by atoms with Gasteiger partial charge in [-0.2, -0.15) is 0 Å². The second-order valence-corrected chi connectivity index (χ2v) is 7.00. The van der Waals surface area contributed by atoms with Crippen LogP contribution in [0.4, 0.5) is 0 Å². The monoisotopic (exact) mass is 396 g/mol. The van der Waals surface area contributed by atoms with Crippen LogP contribution in [0.25, 0.3) is 0 Å². The van der Waals surface area contributed by atoms with E-state index < -0.39 is 12.0 Å². The first-order chi connectivity index (χ1) is 14.0. The lowest BCUT2D eigenvalue weighted by Crippen LogP contribution is -2.49. The van der Waals surface area contributed by atoms with Gasteiger partial charge >= 0.3 is 5.97 Å². The second kappa shape index (κ2) is 7.50. The van der Waals surface area contributed by atoms with Crippen LogP contribution in [0.15, 0.2) is 30.6 Å². The number of nitrogens with zero attached hydrogens (tertiary/aromatic N) is 3. The number of esters is 1. The van der Waals surface area contributed by atoms with Gasteiger partial charge in [-0.15, -0.1) is 0 Å². The average molecular weight is 396 g/mol. The van der Waals surface area contributed by atoms with Crippen molar-refractivity contribution in [3.63, 3.8) is 0 Å². The smallest absolute Gasteiger partial charge is 0.329 e. The van der Waals surface area contributed by atoms with Crippen LogP contribution in [-0.4, -0.2) is 63.2 Å². The molecule has 9 heteroatoms. The quantitative estimate of drug-likeness (QED) is 0.594. The molecule has 3 amide bonds. The van der Waals surface area contributed by atoms with Gasteiger partial charge < -0.3 is 14.6 Å². The molecule has 1 atom stereocenters. The summed E-state index contributed by atoms with van der Waals surface area (Å²) in [6.45, 7) is 0.380. The van der Waals surface area contributed by atoms with Crippen molar-refractivity contribution in [2.24, 2.45) is 0 Å². The molecule has 2 aliphatic heterocycles. The van der Waals surface area contributed by atoms with E-state index in [4.69, 9.17) is 4.74 Å². The number of hydrogen-bond acceptors (Lipinski definition) is 6. The zero-order valence-electron chi connectivity index (χ0n) is 15.9. The van der Waals surface area contributed by atoms with E-state index >= 15 is 0 Å². The first kappa shape index (κ1) is 18.9. The number of rotatable bonds is 5. The molecule has 0 bridgehead atoms. The molecule has 29 heavy (non-hydrogen) atoms. The minimum atomic E-state index is -0.734. The van der Waals surface area contributed by atoms with E-state index in [0.29, 0.717) is 17.5 Å². The van der Waals surface area contributed by atoms with E-state index in [2.05, 4.69) is 9.97 Å². The summed E-state index contributed by atoms with van der Waals surface area (Å²) in [5, 5.41) is 0. The largest absolute Gasteiger partial charge is 0.467 e. The fourth-order valence-electron chi connectivity index (χ4n) is 3.82. The van der Waals surface area contributed by atoms with E-state index in [1.807, 2.05) is 0 Å². The van der Waals surface area contributed by atoms with Crippen molar-refractivity contribution in [1.29, 1.82) is 0 Å². The lowest BCUT2D eigenvalue weighted by atomic mass is 10.0. The summed E-state index contributed by atoms with van der Waals surface area (Å²) < 4.78 is 4.84. The number of amides is 3. The number of nitrogens with one attached hydrogen (secondary N) is 1. The number of aromatic nitrogens is 2. The molecular formula is C20H20N4O5. The zero-order chi connectivity index (χ0) is 20.5. The molecule has 0 saturated heterocycles. The first-order valence-electron chi connectivity index (χ1n) is 9.35. The minimum Gasteiger partial charge on any atom is -0.467 e. The Kier molecular flexibility index (Phi) is 4.87. The third-order valence-electron chi connectivity index (χ3n) is 5.34. The van der Waals surface area contributed by atoms with Gasteiger partial charge in [0.05, 0.1) is 42.5 Å². The van der Waals surface area contributed by atoms with Gasteiger partial charge in [-0.1, -0.05) is 12.1 Å². The number of imidazole rings is 1. The molecule has 150 valence electrons. The van der Waals surface area contributed by atoms with Gasteiger partial charge in [0.25, 0.3) is 11.8 Å². The number of hydrogen-bond donors (Lipinski definition) is 1. The number of aromatic amines is 1. The van der Waals surface area contributed by atoms with Crippen molar-refractivity contribution < 1.29 is 23.9 Å². The van der Waals surface area contributed by atoms with Crippen LogP contribution in [0.2, 0.25) is 0 Å². The van der Waals surface area contributed by atoms with Crippen LogP contribution in [0.3, 0.4) is 0 Å². The number of ether oxygens (including phenoxy) is 1. The van der Waals surface area contributed by atoms with Crippen LogP contribution in [0, 0.1) is 0 Å². The van der Waals surface area contributed by atoms with E-state index in [1.165, 1.54) is 23.2 Å². The molecule has 0 fully saturated rings. The number of fused-ring (bicyclic) bond motifs is 2. The van der Waals surface area contributed by atoms with E-state index in [9.17, 15) is 19.2 Å². The maximum Gasteiger partial charge on any atom is 0.329 e. The summed E-state index contributed by atoms with van der Waals surface area (Å²) in [5.74, 6) is -1.42. The van der Waals surface area contributed by atoms with Gasteiger partial charge in [0.2, 0.25) is 5.91 Å². The second-order valence-electron chi connectivity index (χ2n) is 7.00. The molecule has 0 radical (unpaired) electrons. The Labute approximate surface area is 166 Å². The Morgan fingerprint density at radius 1 is 1.21 bits per heavy atom. The Morgan fingerprint density at radius 2 is 1.90 bits per heavy atom. The maximum absolute atomic E-state index is 12.8. The number of methoxy groups -OCH3 is 1. The number of imide groups is 1. The van der Waals surface area contributed by atoms with Crippen molar-refractivity contribution in [3.05, 3.63) is 53.1 Å². The molecule has 1 aromatic heterocycles. The van der Waals surface area contributed by atoms with Gasteiger partial charge in [0.1, 0.15) is 6.04 Å². The van der Waals surface area contributed by atoms with Gasteiger partial charge in [-0.25, -0.2) is 9.78 Å². The summed E-state index contributed by atoms with van der Waals surface area (Å²) in [4.78, 5) is 59.6. The Bertz CT molecular complexity index is 963. The standard InChI is InChI=1S/C20H20N4O5/c1-29-20(28)16-9-14-15(22-11-21-14)10-24(16)17(25)7-4-8-23-18(26)12-5-2-3-6-13(12)19(23)27/h2-3,5-6,11,16H,4,7-10H2,1H3,(H,21,22). The van der Waals surface area contributed by atoms with Crippen LogP contribution >= 0.6 is 0 Å². The van der Waals surface area contributed by atoms with Crippen molar-refractivity contribution in [2.45, 2.75) is 31.8 Å². The Hall–Kier alpha value is -3.49. The van der Waals surface area contributed by atoms with Crippen molar-refractivity contribution in [3.8, 4) is 0 Å².